The van der Waals surface area contributed by atoms with E-state index in [0.29, 0.717) is 44.2 Å². The lowest BCUT2D eigenvalue weighted by Crippen LogP contribution is -2.46. The Balaban J connectivity index is 1.27. The number of aromatic nitrogens is 2. The van der Waals surface area contributed by atoms with Crippen molar-refractivity contribution in [3.63, 3.8) is 0 Å². The molecule has 19 nitrogen and oxygen atoms in total. The van der Waals surface area contributed by atoms with E-state index in [1.165, 1.54) is 59.4 Å². The van der Waals surface area contributed by atoms with E-state index in [1.54, 1.807) is 57.2 Å². The number of nitrogens with zero attached hydrogens (tertiary/aromatic N) is 5. The molecule has 1 amide bonds. The van der Waals surface area contributed by atoms with Crippen LogP contribution >= 0.6 is 0 Å². The van der Waals surface area contributed by atoms with E-state index in [2.05, 4.69) is 25.5 Å². The van der Waals surface area contributed by atoms with Gasteiger partial charge in [-0.3, -0.25) is 29.3 Å². The lowest BCUT2D eigenvalue weighted by atomic mass is 9.78. The number of pyridine rings is 1. The number of hydrogen-bond donors (Lipinski definition) is 6. The van der Waals surface area contributed by atoms with Gasteiger partial charge in [-0.25, -0.2) is 0 Å². The Morgan fingerprint density at radius 1 is 0.957 bits per heavy atom. The van der Waals surface area contributed by atoms with Crippen LogP contribution in [0.4, 0.5) is 5.69 Å². The number of esters is 1. The summed E-state index contributed by atoms with van der Waals surface area (Å²) in [5, 5.41) is 71.9. The molecule has 0 saturated carbocycles. The lowest BCUT2D eigenvalue weighted by molar-refractivity contribution is -0.160. The minimum absolute atomic E-state index is 0.0368. The number of benzene rings is 2. The Morgan fingerprint density at radius 2 is 1.66 bits per heavy atom. The van der Waals surface area contributed by atoms with Crippen LogP contribution in [0.3, 0.4) is 0 Å². The van der Waals surface area contributed by atoms with Crippen molar-refractivity contribution in [2.45, 2.75) is 92.1 Å². The predicted molar refractivity (Wildman–Crippen MR) is 258 cm³/mol. The molecular formula is C51H62N6O13. The van der Waals surface area contributed by atoms with Crippen LogP contribution in [0, 0.1) is 30.6 Å². The molecule has 6 heterocycles. The van der Waals surface area contributed by atoms with Gasteiger partial charge in [0.1, 0.15) is 29.0 Å². The number of Topliss-reactive ketones (excluding diaryl/α,β-unsaturated/α-hetero) is 1. The number of aliphatic hydroxyl groups is 2. The summed E-state index contributed by atoms with van der Waals surface area (Å²) in [6.07, 6.45) is 8.12. The molecule has 6 N–H and O–H groups in total. The first-order valence-electron chi connectivity index (χ1n) is 23.2. The van der Waals surface area contributed by atoms with Gasteiger partial charge in [0.15, 0.2) is 11.5 Å². The van der Waals surface area contributed by atoms with Crippen LogP contribution in [-0.4, -0.2) is 133 Å². The van der Waals surface area contributed by atoms with Gasteiger partial charge in [-0.1, -0.05) is 51.1 Å². The molecule has 0 aliphatic carbocycles. The zero-order chi connectivity index (χ0) is 50.8. The molecule has 4 aliphatic heterocycles. The van der Waals surface area contributed by atoms with Crippen molar-refractivity contribution >= 4 is 40.3 Å². The summed E-state index contributed by atoms with van der Waals surface area (Å²) in [4.78, 5) is 47.2. The molecule has 1 fully saturated rings. The molecule has 0 unspecified atom stereocenters. The van der Waals surface area contributed by atoms with Crippen molar-refractivity contribution in [2.24, 2.45) is 28.8 Å². The molecule has 70 heavy (non-hydrogen) atoms. The molecule has 0 radical (unpaired) electrons. The molecule has 0 spiro atoms. The number of rotatable bonds is 7. The summed E-state index contributed by atoms with van der Waals surface area (Å²) in [7, 11) is 1.43. The molecule has 1 saturated heterocycles. The standard InChI is InChI=1S/C51H62N6O13/c1-26-11-10-12-27(2)50(65)54-41-35(24-53-57-20-18-56(19-21-57)25-34-23-36(55-70-34)33-13-16-52-17-14-33)45(62)38-39(46(41)63)44(61)31(6)48-40(38)49(64)51(8,69-48)67-22-15-37(66-9)28(3)47(68-32(7)58)30(5)43(60)29(4)42(26)59/h10-17,22-24,26,28-30,37,42-43,47,59-63H,18-21,25H2,1-9H3,(H,54,65)/b11-10+,22-15+,27-12-,53-24+/t26-,28+,29+,30+,37-,42-,43+,47+,51-/m0/s1. The number of carbonyl (C=O) groups is 3. The molecule has 19 heteroatoms. The van der Waals surface area contributed by atoms with E-state index in [4.69, 9.17) is 23.5 Å². The van der Waals surface area contributed by atoms with Crippen molar-refractivity contribution in [1.29, 1.82) is 0 Å². The number of hydrazone groups is 1. The van der Waals surface area contributed by atoms with Crippen LogP contribution in [0.25, 0.3) is 22.0 Å². The Labute approximate surface area is 405 Å². The number of carbonyl (C=O) groups excluding carboxylic acids is 3. The van der Waals surface area contributed by atoms with Crippen molar-refractivity contribution < 1.29 is 63.4 Å². The Morgan fingerprint density at radius 3 is 2.33 bits per heavy atom. The number of piperazine rings is 1. The van der Waals surface area contributed by atoms with E-state index >= 15 is 0 Å². The van der Waals surface area contributed by atoms with Crippen LogP contribution in [-0.2, 0) is 30.3 Å². The molecule has 2 aromatic heterocycles. The summed E-state index contributed by atoms with van der Waals surface area (Å²) < 4.78 is 29.4. The van der Waals surface area contributed by atoms with E-state index in [9.17, 15) is 39.9 Å². The second-order valence-electron chi connectivity index (χ2n) is 18.5. The average molecular weight is 967 g/mol. The lowest BCUT2D eigenvalue weighted by Gasteiger charge is -2.38. The van der Waals surface area contributed by atoms with Gasteiger partial charge in [-0.15, -0.1) is 0 Å². The zero-order valence-electron chi connectivity index (χ0n) is 40.7. The maximum atomic E-state index is 14.6. The summed E-state index contributed by atoms with van der Waals surface area (Å²) >= 11 is 0. The molecule has 8 rings (SSSR count). The van der Waals surface area contributed by atoms with Crippen molar-refractivity contribution in [1.82, 2.24) is 20.0 Å². The van der Waals surface area contributed by atoms with E-state index < -0.39 is 88.8 Å². The van der Waals surface area contributed by atoms with Gasteiger partial charge in [-0.05, 0) is 32.1 Å². The maximum absolute atomic E-state index is 14.6. The molecule has 2 aromatic carbocycles. The highest BCUT2D eigenvalue weighted by atomic mass is 16.7. The monoisotopic (exact) mass is 966 g/mol. The third kappa shape index (κ3) is 10.2. The Hall–Kier alpha value is -6.80. The number of aliphatic hydroxyl groups excluding tert-OH is 2. The van der Waals surface area contributed by atoms with Crippen molar-refractivity contribution in [3.05, 3.63) is 89.2 Å². The van der Waals surface area contributed by atoms with Gasteiger partial charge in [0.25, 0.3) is 11.7 Å². The Kier molecular flexibility index (Phi) is 15.4. The normalized spacial score (nSPS) is 28.8. The van der Waals surface area contributed by atoms with Gasteiger partial charge in [0, 0.05) is 111 Å². The predicted octanol–water partition coefficient (Wildman–Crippen LogP) is 5.96. The first kappa shape index (κ1) is 51.1. The number of allylic oxidation sites excluding steroid dienone is 2. The maximum Gasteiger partial charge on any atom is 0.312 e. The number of ether oxygens (including phenoxy) is 4. The van der Waals surface area contributed by atoms with Gasteiger partial charge < -0.3 is 54.3 Å². The van der Waals surface area contributed by atoms with Crippen LogP contribution < -0.4 is 10.1 Å². The number of hydrogen-bond acceptors (Lipinski definition) is 18. The molecule has 5 bridgehead atoms. The summed E-state index contributed by atoms with van der Waals surface area (Å²) in [5.74, 6) is -7.93. The number of methoxy groups -OCH3 is 1. The molecule has 9 atom stereocenters. The molecule has 4 aromatic rings. The number of nitrogens with one attached hydrogen (secondary N) is 1. The van der Waals surface area contributed by atoms with Crippen LogP contribution in [0.15, 0.2) is 76.4 Å². The smallest absolute Gasteiger partial charge is 0.312 e. The van der Waals surface area contributed by atoms with Crippen LogP contribution in [0.5, 0.6) is 23.0 Å². The highest BCUT2D eigenvalue weighted by Gasteiger charge is 2.50. The minimum atomic E-state index is -2.08. The third-order valence-corrected chi connectivity index (χ3v) is 13.6. The summed E-state index contributed by atoms with van der Waals surface area (Å²) in [5.41, 5.74) is 1.10. The fourth-order valence-corrected chi connectivity index (χ4v) is 9.29. The second-order valence-corrected chi connectivity index (χ2v) is 18.5. The first-order valence-corrected chi connectivity index (χ1v) is 23.2. The number of fused-ring (bicyclic) bond motifs is 14. The van der Waals surface area contributed by atoms with Gasteiger partial charge in [-0.2, -0.15) is 5.10 Å². The number of aromatic hydroxyl groups is 3. The largest absolute Gasteiger partial charge is 0.507 e. The van der Waals surface area contributed by atoms with Gasteiger partial charge in [0.2, 0.25) is 0 Å². The van der Waals surface area contributed by atoms with E-state index in [0.717, 1.165) is 5.56 Å². The van der Waals surface area contributed by atoms with Gasteiger partial charge in [0.05, 0.1) is 59.5 Å². The number of phenolic OH excluding ortho intramolecular Hbond substituents is 3. The highest BCUT2D eigenvalue weighted by molar-refractivity contribution is 6.23. The van der Waals surface area contributed by atoms with Crippen molar-refractivity contribution in [3.8, 4) is 34.3 Å². The molecular weight excluding hydrogens is 905 g/mol. The number of anilines is 1. The SMILES string of the molecule is CO[C@H]1/C=C/O[C@@]2(C)Oc3c(C)c(O)c4c(O)c(c(/C=N/N5CCN(Cc6cc(-c7ccncc7)no6)CC5)c(O)c4c3C2=O)NC(=O)/C(C)=C\C=C\[C@H](C)[C@H](O)[C@@H](C)[C@@H](O)[C@@H](C)[C@H](OC(C)=O)[C@@H]1C. The quantitative estimate of drug-likeness (QED) is 0.0541. The molecule has 374 valence electrons. The Bertz CT molecular complexity index is 2730. The summed E-state index contributed by atoms with van der Waals surface area (Å²) in [6, 6.07) is 5.58. The molecule has 4 aliphatic rings. The van der Waals surface area contributed by atoms with Gasteiger partial charge >= 0.3 is 11.8 Å². The zero-order valence-corrected chi connectivity index (χ0v) is 40.7. The second kappa shape index (κ2) is 21.1. The fraction of sp³-hybridized carbons (Fsp3) is 0.451. The first-order chi connectivity index (χ1) is 33.3. The number of amides is 1. The number of ketones is 1. The average Bonchev–Trinajstić information content (AvgIpc) is 3.92. The number of phenols is 3. The fourth-order valence-electron chi connectivity index (χ4n) is 9.29. The minimum Gasteiger partial charge on any atom is -0.507 e. The van der Waals surface area contributed by atoms with Crippen LogP contribution in [0.2, 0.25) is 0 Å². The highest BCUT2D eigenvalue weighted by Crippen LogP contribution is 2.55. The van der Waals surface area contributed by atoms with E-state index in [1.807, 2.05) is 18.2 Å². The van der Waals surface area contributed by atoms with Crippen molar-refractivity contribution in [2.75, 3.05) is 38.6 Å². The summed E-state index contributed by atoms with van der Waals surface area (Å²) in [6.45, 7) is 15.0. The third-order valence-electron chi connectivity index (χ3n) is 13.6. The van der Waals surface area contributed by atoms with E-state index in [-0.39, 0.29) is 44.5 Å². The van der Waals surface area contributed by atoms with Crippen LogP contribution in [0.1, 0.15) is 75.7 Å². The topological polar surface area (TPSA) is 259 Å².